The van der Waals surface area contributed by atoms with Crippen LogP contribution in [0.25, 0.3) is 6.08 Å². The predicted octanol–water partition coefficient (Wildman–Crippen LogP) is 6.99. The Bertz CT molecular complexity index is 802. The molecule has 6 atom stereocenters. The highest BCUT2D eigenvalue weighted by Crippen LogP contribution is 2.66. The van der Waals surface area contributed by atoms with Gasteiger partial charge in [-0.25, -0.2) is 0 Å². The van der Waals surface area contributed by atoms with E-state index >= 15 is 0 Å². The second-order valence-corrected chi connectivity index (χ2v) is 11.0. The molecule has 4 aliphatic carbocycles. The summed E-state index contributed by atoms with van der Waals surface area (Å²) in [5.74, 6) is 3.62. The number of benzene rings is 1. The van der Waals surface area contributed by atoms with E-state index in [1.54, 1.807) is 0 Å². The number of hydrogen-bond acceptors (Lipinski definition) is 1. The SMILES string of the molecule is Cc1ccc(C=C2C[C@@H]3[C@H]4CC[C@@H]5CCCC[C@]5(C)[C@@H]4CC[C@]3(C)C2=O)cc1. The molecule has 4 aliphatic rings. The fourth-order valence-electron chi connectivity index (χ4n) is 7.96. The lowest BCUT2D eigenvalue weighted by molar-refractivity contribution is -0.137. The highest BCUT2D eigenvalue weighted by molar-refractivity contribution is 6.05. The van der Waals surface area contributed by atoms with Crippen LogP contribution in [-0.4, -0.2) is 5.78 Å². The van der Waals surface area contributed by atoms with Gasteiger partial charge in [-0.3, -0.25) is 4.79 Å². The molecule has 0 unspecified atom stereocenters. The van der Waals surface area contributed by atoms with Crippen molar-refractivity contribution in [2.24, 2.45) is 34.5 Å². The number of hydrogen-bond donors (Lipinski definition) is 0. The van der Waals surface area contributed by atoms with Gasteiger partial charge in [0.15, 0.2) is 5.78 Å². The summed E-state index contributed by atoms with van der Waals surface area (Å²) in [5.41, 5.74) is 4.02. The van der Waals surface area contributed by atoms with Gasteiger partial charge in [0.1, 0.15) is 0 Å². The Balaban J connectivity index is 1.45. The Morgan fingerprint density at radius 2 is 1.71 bits per heavy atom. The maximum atomic E-state index is 13.5. The molecule has 150 valence electrons. The molecule has 1 aromatic rings. The molecule has 1 aromatic carbocycles. The molecule has 0 bridgehead atoms. The second-order valence-electron chi connectivity index (χ2n) is 11.0. The van der Waals surface area contributed by atoms with Gasteiger partial charge in [-0.2, -0.15) is 0 Å². The fourth-order valence-corrected chi connectivity index (χ4v) is 7.96. The van der Waals surface area contributed by atoms with Crippen LogP contribution in [0.1, 0.15) is 82.8 Å². The average molecular weight is 377 g/mol. The Morgan fingerprint density at radius 1 is 0.929 bits per heavy atom. The number of carbonyl (C=O) groups excluding carboxylic acids is 1. The topological polar surface area (TPSA) is 17.1 Å². The van der Waals surface area contributed by atoms with Gasteiger partial charge in [0, 0.05) is 5.41 Å². The molecule has 0 heterocycles. The van der Waals surface area contributed by atoms with Gasteiger partial charge in [-0.1, -0.05) is 56.5 Å². The standard InChI is InChI=1S/C27H36O/c1-18-7-9-19(10-8-18)16-20-17-24-22-12-11-21-6-4-5-14-26(21,2)23(22)13-15-27(24,3)25(20)28/h7-10,16,21-24H,4-6,11-15,17H2,1-3H3/t21-,22-,23+,24+,26-,27-/m0/s1. The molecule has 0 N–H and O–H groups in total. The van der Waals surface area contributed by atoms with Gasteiger partial charge in [0.25, 0.3) is 0 Å². The summed E-state index contributed by atoms with van der Waals surface area (Å²) in [7, 11) is 0. The van der Waals surface area contributed by atoms with Crippen molar-refractivity contribution in [2.45, 2.75) is 78.6 Å². The lowest BCUT2D eigenvalue weighted by atomic mass is 9.45. The third kappa shape index (κ3) is 2.68. The van der Waals surface area contributed by atoms with E-state index in [9.17, 15) is 4.79 Å². The van der Waals surface area contributed by atoms with E-state index in [1.165, 1.54) is 56.1 Å². The Labute approximate surface area is 171 Å². The number of aryl methyl sites for hydroxylation is 1. The Hall–Kier alpha value is -1.37. The molecule has 0 aliphatic heterocycles. The van der Waals surface area contributed by atoms with Crippen molar-refractivity contribution < 1.29 is 4.79 Å². The van der Waals surface area contributed by atoms with Crippen LogP contribution >= 0.6 is 0 Å². The first kappa shape index (κ1) is 18.6. The Morgan fingerprint density at radius 3 is 2.50 bits per heavy atom. The van der Waals surface area contributed by atoms with Crippen LogP contribution in [0.2, 0.25) is 0 Å². The van der Waals surface area contributed by atoms with Gasteiger partial charge >= 0.3 is 0 Å². The van der Waals surface area contributed by atoms with Crippen LogP contribution in [0.15, 0.2) is 29.8 Å². The monoisotopic (exact) mass is 376 g/mol. The third-order valence-corrected chi connectivity index (χ3v) is 9.64. The van der Waals surface area contributed by atoms with Crippen LogP contribution in [0, 0.1) is 41.4 Å². The summed E-state index contributed by atoms with van der Waals surface area (Å²) in [6.07, 6.45) is 14.2. The fraction of sp³-hybridized carbons (Fsp3) is 0.667. The highest BCUT2D eigenvalue weighted by Gasteiger charge is 2.60. The lowest BCUT2D eigenvalue weighted by Crippen LogP contribution is -2.52. The molecular formula is C27H36O. The largest absolute Gasteiger partial charge is 0.294 e. The maximum absolute atomic E-state index is 13.5. The van der Waals surface area contributed by atoms with Gasteiger partial charge in [0.05, 0.1) is 0 Å². The molecule has 4 saturated carbocycles. The molecule has 0 spiro atoms. The van der Waals surface area contributed by atoms with Crippen molar-refractivity contribution in [1.82, 2.24) is 0 Å². The zero-order chi connectivity index (χ0) is 19.5. The predicted molar refractivity (Wildman–Crippen MR) is 116 cm³/mol. The number of Topliss-reactive ketones (excluding diaryl/α,β-unsaturated/α-hetero) is 1. The molecule has 1 nitrogen and oxygen atoms in total. The van der Waals surface area contributed by atoms with E-state index in [0.29, 0.717) is 17.1 Å². The number of fused-ring (bicyclic) bond motifs is 5. The molecule has 0 amide bonds. The summed E-state index contributed by atoms with van der Waals surface area (Å²) in [6.45, 7) is 7.05. The minimum absolute atomic E-state index is 0.102. The zero-order valence-corrected chi connectivity index (χ0v) is 18.0. The van der Waals surface area contributed by atoms with Crippen LogP contribution in [0.3, 0.4) is 0 Å². The molecule has 0 saturated heterocycles. The first-order valence-corrected chi connectivity index (χ1v) is 11.7. The van der Waals surface area contributed by atoms with Crippen molar-refractivity contribution in [3.63, 3.8) is 0 Å². The first-order chi connectivity index (χ1) is 13.4. The minimum Gasteiger partial charge on any atom is -0.294 e. The summed E-state index contributed by atoms with van der Waals surface area (Å²) in [5, 5.41) is 0. The normalized spacial score (nSPS) is 44.1. The first-order valence-electron chi connectivity index (χ1n) is 11.7. The van der Waals surface area contributed by atoms with Crippen LogP contribution in [-0.2, 0) is 4.79 Å². The lowest BCUT2D eigenvalue weighted by Gasteiger charge is -2.59. The summed E-state index contributed by atoms with van der Waals surface area (Å²) >= 11 is 0. The van der Waals surface area contributed by atoms with E-state index in [0.717, 1.165) is 36.2 Å². The molecule has 28 heavy (non-hydrogen) atoms. The summed E-state index contributed by atoms with van der Waals surface area (Å²) in [6, 6.07) is 8.64. The smallest absolute Gasteiger partial charge is 0.165 e. The van der Waals surface area contributed by atoms with E-state index in [4.69, 9.17) is 0 Å². The van der Waals surface area contributed by atoms with Gasteiger partial charge in [-0.15, -0.1) is 0 Å². The number of carbonyl (C=O) groups is 1. The van der Waals surface area contributed by atoms with Crippen molar-refractivity contribution in [1.29, 1.82) is 0 Å². The van der Waals surface area contributed by atoms with Gasteiger partial charge in [-0.05, 0) is 98.2 Å². The van der Waals surface area contributed by atoms with Crippen LogP contribution < -0.4 is 0 Å². The summed E-state index contributed by atoms with van der Waals surface area (Å²) in [4.78, 5) is 13.5. The molecule has 5 rings (SSSR count). The van der Waals surface area contributed by atoms with E-state index < -0.39 is 0 Å². The molecule has 1 heteroatoms. The molecule has 0 aromatic heterocycles. The Kier molecular flexibility index (Phi) is 4.38. The van der Waals surface area contributed by atoms with Crippen LogP contribution in [0.5, 0.6) is 0 Å². The van der Waals surface area contributed by atoms with E-state index in [-0.39, 0.29) is 5.41 Å². The van der Waals surface area contributed by atoms with Crippen molar-refractivity contribution in [3.8, 4) is 0 Å². The highest BCUT2D eigenvalue weighted by atomic mass is 16.1. The van der Waals surface area contributed by atoms with E-state index in [2.05, 4.69) is 51.1 Å². The van der Waals surface area contributed by atoms with Gasteiger partial charge in [0.2, 0.25) is 0 Å². The van der Waals surface area contributed by atoms with Crippen LogP contribution in [0.4, 0.5) is 0 Å². The molecule has 4 fully saturated rings. The van der Waals surface area contributed by atoms with E-state index in [1.807, 2.05) is 0 Å². The zero-order valence-electron chi connectivity index (χ0n) is 18.0. The second kappa shape index (κ2) is 6.57. The average Bonchev–Trinajstić information content (AvgIpc) is 2.94. The minimum atomic E-state index is -0.102. The third-order valence-electron chi connectivity index (χ3n) is 9.64. The quantitative estimate of drug-likeness (QED) is 0.483. The van der Waals surface area contributed by atoms with Gasteiger partial charge < -0.3 is 0 Å². The van der Waals surface area contributed by atoms with Crippen molar-refractivity contribution in [2.75, 3.05) is 0 Å². The summed E-state index contributed by atoms with van der Waals surface area (Å²) < 4.78 is 0. The molecular weight excluding hydrogens is 340 g/mol. The van der Waals surface area contributed by atoms with Crippen molar-refractivity contribution in [3.05, 3.63) is 41.0 Å². The number of allylic oxidation sites excluding steroid dienone is 1. The maximum Gasteiger partial charge on any atom is 0.165 e. The number of rotatable bonds is 1. The van der Waals surface area contributed by atoms with Crippen molar-refractivity contribution >= 4 is 11.9 Å². The molecule has 0 radical (unpaired) electrons. The number of ketones is 1.